The molecule has 2 atom stereocenters. The van der Waals surface area contributed by atoms with E-state index < -0.39 is 17.5 Å². The van der Waals surface area contributed by atoms with Crippen molar-refractivity contribution >= 4 is 39.8 Å². The molecule has 284 valence electrons. The van der Waals surface area contributed by atoms with Crippen LogP contribution in [-0.4, -0.2) is 94.3 Å². The van der Waals surface area contributed by atoms with Crippen molar-refractivity contribution in [3.8, 4) is 22.5 Å². The summed E-state index contributed by atoms with van der Waals surface area (Å²) < 4.78 is 8.53. The van der Waals surface area contributed by atoms with E-state index in [-0.39, 0.29) is 24.4 Å². The summed E-state index contributed by atoms with van der Waals surface area (Å²) in [6, 6.07) is 7.65. The number of ether oxygens (including phenoxy) is 1. The predicted octanol–water partition coefficient (Wildman–Crippen LogP) is 5.99. The molecule has 6 bridgehead atoms. The van der Waals surface area contributed by atoms with Crippen molar-refractivity contribution in [2.75, 3.05) is 50.8 Å². The van der Waals surface area contributed by atoms with Crippen LogP contribution in [0.2, 0.25) is 0 Å². The molecule has 12 heteroatoms. The summed E-state index contributed by atoms with van der Waals surface area (Å²) in [4.78, 5) is 42.1. The van der Waals surface area contributed by atoms with Gasteiger partial charge in [-0.05, 0) is 68.8 Å². The van der Waals surface area contributed by atoms with Crippen molar-refractivity contribution in [2.45, 2.75) is 98.2 Å². The number of benzene rings is 1. The van der Waals surface area contributed by atoms with Crippen LogP contribution in [0.25, 0.3) is 33.4 Å². The average Bonchev–Trinajstić information content (AvgIpc) is 3.75. The molecule has 3 aromatic heterocycles. The van der Waals surface area contributed by atoms with Gasteiger partial charge in [-0.2, -0.15) is 0 Å². The molecule has 0 saturated carbocycles. The number of carbonyl (C=O) groups excluding carboxylic acids is 2. The molecule has 3 N–H and O–H groups in total. The fourth-order valence-electron chi connectivity index (χ4n) is 8.26. The molecular weight excluding hydrogens is 685 g/mol. The smallest absolute Gasteiger partial charge is 0.324 e. The lowest BCUT2D eigenvalue weighted by Gasteiger charge is -2.36. The minimum atomic E-state index is -0.774. The van der Waals surface area contributed by atoms with Crippen molar-refractivity contribution in [3.63, 3.8) is 0 Å². The Labute approximate surface area is 317 Å². The maximum Gasteiger partial charge on any atom is 0.324 e. The number of carbonyl (C=O) groups is 2. The molecule has 0 spiro atoms. The van der Waals surface area contributed by atoms with Crippen LogP contribution in [-0.2, 0) is 33.7 Å². The van der Waals surface area contributed by atoms with Crippen LogP contribution < -0.4 is 16.1 Å². The van der Waals surface area contributed by atoms with Gasteiger partial charge in [0.15, 0.2) is 0 Å². The topological polar surface area (TPSA) is 122 Å². The predicted molar refractivity (Wildman–Crippen MR) is 213 cm³/mol. The van der Waals surface area contributed by atoms with E-state index in [1.54, 1.807) is 0 Å². The van der Waals surface area contributed by atoms with E-state index in [0.29, 0.717) is 32.2 Å². The zero-order valence-electron chi connectivity index (χ0n) is 32.3. The van der Waals surface area contributed by atoms with E-state index in [4.69, 9.17) is 20.4 Å². The number of nitrogens with zero attached hydrogens (tertiary/aromatic N) is 6. The molecule has 3 aliphatic rings. The molecular formula is C41H56N8O3S. The summed E-state index contributed by atoms with van der Waals surface area (Å²) in [5, 5.41) is 5.54. The summed E-state index contributed by atoms with van der Waals surface area (Å²) in [7, 11) is 0. The third-order valence-corrected chi connectivity index (χ3v) is 11.9. The first-order valence-electron chi connectivity index (χ1n) is 19.5. The van der Waals surface area contributed by atoms with Gasteiger partial charge in [-0.25, -0.2) is 10.4 Å². The summed E-state index contributed by atoms with van der Waals surface area (Å²) >= 11 is 1.53. The number of rotatable bonds is 6. The van der Waals surface area contributed by atoms with E-state index in [0.717, 1.165) is 72.4 Å². The number of nitrogens with one attached hydrogen (secondary N) is 1. The first-order valence-corrected chi connectivity index (χ1v) is 20.4. The Kier molecular flexibility index (Phi) is 11.0. The van der Waals surface area contributed by atoms with Gasteiger partial charge in [-0.1, -0.05) is 40.7 Å². The van der Waals surface area contributed by atoms with Crippen LogP contribution in [0, 0.1) is 5.41 Å². The van der Waals surface area contributed by atoms with Crippen molar-refractivity contribution in [1.82, 2.24) is 29.9 Å². The van der Waals surface area contributed by atoms with E-state index in [1.165, 1.54) is 45.0 Å². The van der Waals surface area contributed by atoms with Gasteiger partial charge in [-0.15, -0.1) is 11.3 Å². The van der Waals surface area contributed by atoms with E-state index in [1.807, 2.05) is 0 Å². The second-order valence-electron chi connectivity index (χ2n) is 16.1. The monoisotopic (exact) mass is 740 g/mol. The molecule has 4 aromatic rings. The Balaban J connectivity index is 1.37. The molecule has 6 heterocycles. The molecule has 53 heavy (non-hydrogen) atoms. The molecule has 0 radical (unpaired) electrons. The Hall–Kier alpha value is -3.84. The van der Waals surface area contributed by atoms with Crippen LogP contribution in [0.15, 0.2) is 35.8 Å². The van der Waals surface area contributed by atoms with Crippen molar-refractivity contribution < 1.29 is 14.3 Å². The molecule has 2 fully saturated rings. The van der Waals surface area contributed by atoms with Gasteiger partial charge in [0.05, 0.1) is 46.6 Å². The zero-order valence-corrected chi connectivity index (χ0v) is 33.1. The van der Waals surface area contributed by atoms with Crippen molar-refractivity contribution in [2.24, 2.45) is 11.1 Å². The highest BCUT2D eigenvalue weighted by molar-refractivity contribution is 7.10. The summed E-state index contributed by atoms with van der Waals surface area (Å²) in [5.74, 6) is -0.362. The molecule has 1 aromatic carbocycles. The largest absolute Gasteiger partial charge is 0.464 e. The third-order valence-electron chi connectivity index (χ3n) is 11.0. The number of hydrazine groups is 1. The standard InChI is InChI=1S/C41H56N8O3S/c1-7-13-46-15-17-47(18-16-46)28-20-30(37(26(3)4)43-23-28)38-31-22-41(5,6)25-52-40(51)33-10-9-14-49(45-33)39(50)32(42)21-36-44-34(24-53-36)27-11-12-35(29(31)19-27)48(38)8-2/h11-12,19-20,23-24,26,32-33,45H,7-10,13-18,21-22,25,42H2,1-6H3/t32-,33-/m0/s1. The number of hydrogen-bond acceptors (Lipinski definition) is 10. The summed E-state index contributed by atoms with van der Waals surface area (Å²) in [6.45, 7) is 20.0. The van der Waals surface area contributed by atoms with Gasteiger partial charge in [-0.3, -0.25) is 24.5 Å². The number of aryl methyl sites for hydroxylation is 1. The number of nitrogens with two attached hydrogens (primary N) is 1. The van der Waals surface area contributed by atoms with Crippen LogP contribution in [0.1, 0.15) is 83.0 Å². The number of thiazole rings is 1. The van der Waals surface area contributed by atoms with Crippen LogP contribution in [0.5, 0.6) is 0 Å². The van der Waals surface area contributed by atoms with Crippen LogP contribution >= 0.6 is 11.3 Å². The molecule has 0 aliphatic carbocycles. The number of piperazine rings is 1. The Morgan fingerprint density at radius 2 is 1.89 bits per heavy atom. The quantitative estimate of drug-likeness (QED) is 0.230. The van der Waals surface area contributed by atoms with Gasteiger partial charge in [0, 0.05) is 78.5 Å². The molecule has 2 saturated heterocycles. The second-order valence-corrected chi connectivity index (χ2v) is 17.1. The van der Waals surface area contributed by atoms with E-state index >= 15 is 0 Å². The lowest BCUT2D eigenvalue weighted by Crippen LogP contribution is -2.59. The number of esters is 1. The molecule has 0 unspecified atom stereocenters. The number of hydrogen-bond donors (Lipinski definition) is 2. The Morgan fingerprint density at radius 3 is 2.62 bits per heavy atom. The number of amides is 1. The average molecular weight is 741 g/mol. The molecule has 3 aliphatic heterocycles. The molecule has 11 nitrogen and oxygen atoms in total. The third kappa shape index (κ3) is 7.74. The summed E-state index contributed by atoms with van der Waals surface area (Å²) in [6.07, 6.45) is 5.54. The fraction of sp³-hybridized carbons (Fsp3) is 0.561. The minimum absolute atomic E-state index is 0.217. The van der Waals surface area contributed by atoms with Gasteiger partial charge in [0.1, 0.15) is 6.04 Å². The SMILES string of the molecule is CCCN1CCN(c2cnc(C(C)C)c(-c3c4c5cc(ccc5n3CC)-c3csc(n3)C[C@H](N)C(=O)N3CCC[C@H](N3)C(=O)OCC(C)(C)C4)c2)CC1. The molecule has 1 amide bonds. The second kappa shape index (κ2) is 15.5. The van der Waals surface area contributed by atoms with Crippen LogP contribution in [0.4, 0.5) is 5.69 Å². The van der Waals surface area contributed by atoms with Gasteiger partial charge >= 0.3 is 5.97 Å². The summed E-state index contributed by atoms with van der Waals surface area (Å²) in [5.41, 5.74) is 18.1. The zero-order chi connectivity index (χ0) is 37.4. The van der Waals surface area contributed by atoms with E-state index in [2.05, 4.69) is 97.2 Å². The number of anilines is 1. The maximum atomic E-state index is 13.5. The minimum Gasteiger partial charge on any atom is -0.464 e. The Morgan fingerprint density at radius 1 is 1.09 bits per heavy atom. The van der Waals surface area contributed by atoms with Gasteiger partial charge in [0.2, 0.25) is 0 Å². The number of aromatic nitrogens is 3. The normalized spacial score (nSPS) is 21.7. The van der Waals surface area contributed by atoms with Crippen LogP contribution in [0.3, 0.4) is 0 Å². The van der Waals surface area contributed by atoms with E-state index in [9.17, 15) is 9.59 Å². The number of cyclic esters (lactones) is 1. The van der Waals surface area contributed by atoms with Crippen molar-refractivity contribution in [3.05, 3.63) is 52.1 Å². The first-order chi connectivity index (χ1) is 25.5. The number of fused-ring (bicyclic) bond motifs is 6. The maximum absolute atomic E-state index is 13.5. The Bertz CT molecular complexity index is 1960. The first kappa shape index (κ1) is 37.5. The lowest BCUT2D eigenvalue weighted by atomic mass is 9.84. The fourth-order valence-corrected chi connectivity index (χ4v) is 9.12. The van der Waals surface area contributed by atoms with Crippen molar-refractivity contribution in [1.29, 1.82) is 0 Å². The highest BCUT2D eigenvalue weighted by atomic mass is 32.1. The number of pyridine rings is 1. The lowest BCUT2D eigenvalue weighted by molar-refractivity contribution is -0.154. The highest BCUT2D eigenvalue weighted by Crippen LogP contribution is 2.43. The highest BCUT2D eigenvalue weighted by Gasteiger charge is 2.34. The van der Waals surface area contributed by atoms with Gasteiger partial charge in [0.25, 0.3) is 5.91 Å². The molecule has 7 rings (SSSR count). The van der Waals surface area contributed by atoms with Gasteiger partial charge < -0.3 is 19.9 Å².